The first-order valence-corrected chi connectivity index (χ1v) is 15.1. The lowest BCUT2D eigenvalue weighted by Crippen LogP contribution is -2.57. The molecule has 2 fully saturated rings. The lowest BCUT2D eigenvalue weighted by atomic mass is 9.85. The van der Waals surface area contributed by atoms with Crippen LogP contribution in [0.3, 0.4) is 0 Å². The molecule has 1 heterocycles. The van der Waals surface area contributed by atoms with E-state index in [0.717, 1.165) is 47.6 Å². The Morgan fingerprint density at radius 3 is 2.39 bits per heavy atom. The summed E-state index contributed by atoms with van der Waals surface area (Å²) >= 11 is 0. The van der Waals surface area contributed by atoms with E-state index in [2.05, 4.69) is 18.5 Å². The Labute approximate surface area is 260 Å². The van der Waals surface area contributed by atoms with Gasteiger partial charge in [0.1, 0.15) is 23.4 Å². The Kier molecular flexibility index (Phi) is 9.78. The van der Waals surface area contributed by atoms with Crippen LogP contribution in [0.1, 0.15) is 64.0 Å². The second-order valence-electron chi connectivity index (χ2n) is 13.1. The van der Waals surface area contributed by atoms with Crippen LogP contribution < -0.4 is 10.1 Å². The zero-order valence-corrected chi connectivity index (χ0v) is 26.9. The summed E-state index contributed by atoms with van der Waals surface area (Å²) in [4.78, 5) is 41.7. The van der Waals surface area contributed by atoms with Crippen molar-refractivity contribution in [2.24, 2.45) is 10.8 Å². The summed E-state index contributed by atoms with van der Waals surface area (Å²) in [6.45, 7) is 13.7. The number of nitrogens with one attached hydrogen (secondary N) is 1. The van der Waals surface area contributed by atoms with Crippen LogP contribution in [0.2, 0.25) is 0 Å². The molecule has 0 bridgehead atoms. The highest BCUT2D eigenvalue weighted by Crippen LogP contribution is 2.52. The third-order valence-electron chi connectivity index (χ3n) is 9.18. The predicted molar refractivity (Wildman–Crippen MR) is 170 cm³/mol. The standard InChI is InChI=1S/C35H46N2O7/c1-9-13-34(14-15-34)16-17-44-32(40)36-29(33(3,4)5)30(38)37-22-35(43-8,21-27(37)31(39)42-7)26-12-11-24-20-28(41-6)23(10-2)18-25(24)19-26/h9-12,18-20,27,29H,1-2,13-17,21-22H2,3-8H3,(H,36,40)/t27-,29?,35-/m0/s1. The summed E-state index contributed by atoms with van der Waals surface area (Å²) in [6, 6.07) is 7.96. The number of methoxy groups -OCH3 is 3. The number of carbonyl (C=O) groups is 3. The molecule has 44 heavy (non-hydrogen) atoms. The molecule has 9 heteroatoms. The molecule has 1 saturated heterocycles. The van der Waals surface area contributed by atoms with Gasteiger partial charge < -0.3 is 29.2 Å². The van der Waals surface area contributed by atoms with Crippen molar-refractivity contribution in [3.05, 3.63) is 60.7 Å². The number of hydrogen-bond acceptors (Lipinski definition) is 7. The molecular weight excluding hydrogens is 560 g/mol. The SMILES string of the molecule is C=CCC1(CCOC(=O)NC(C(=O)N2C[C@](OC)(c3ccc4cc(OC)c(C=C)cc4c3)C[C@H]2C(=O)OC)C(C)(C)C)CC1. The van der Waals surface area contributed by atoms with Gasteiger partial charge in [0.15, 0.2) is 0 Å². The molecule has 0 aromatic heterocycles. The molecule has 238 valence electrons. The smallest absolute Gasteiger partial charge is 0.407 e. The van der Waals surface area contributed by atoms with E-state index in [9.17, 15) is 14.4 Å². The third-order valence-corrected chi connectivity index (χ3v) is 9.18. The van der Waals surface area contributed by atoms with Crippen LogP contribution in [0.5, 0.6) is 5.75 Å². The van der Waals surface area contributed by atoms with E-state index < -0.39 is 41.1 Å². The van der Waals surface area contributed by atoms with Gasteiger partial charge in [-0.05, 0) is 71.0 Å². The van der Waals surface area contributed by atoms with Crippen molar-refractivity contribution >= 4 is 34.8 Å². The number of hydrogen-bond donors (Lipinski definition) is 1. The van der Waals surface area contributed by atoms with Crippen LogP contribution in [0.4, 0.5) is 4.79 Å². The van der Waals surface area contributed by atoms with Crippen LogP contribution in [0, 0.1) is 10.8 Å². The van der Waals surface area contributed by atoms with Gasteiger partial charge in [0.05, 0.1) is 27.4 Å². The molecular formula is C35H46N2O7. The minimum absolute atomic E-state index is 0.0887. The third kappa shape index (κ3) is 6.78. The molecule has 2 aromatic rings. The lowest BCUT2D eigenvalue weighted by Gasteiger charge is -2.35. The number of allylic oxidation sites excluding steroid dienone is 1. The fourth-order valence-electron chi connectivity index (χ4n) is 6.21. The highest BCUT2D eigenvalue weighted by Gasteiger charge is 2.53. The summed E-state index contributed by atoms with van der Waals surface area (Å²) in [7, 11) is 4.49. The largest absolute Gasteiger partial charge is 0.496 e. The number of nitrogens with zero attached hydrogens (tertiary/aromatic N) is 1. The second-order valence-corrected chi connectivity index (χ2v) is 13.1. The number of carbonyl (C=O) groups excluding carboxylic acids is 3. The Morgan fingerprint density at radius 1 is 1.09 bits per heavy atom. The summed E-state index contributed by atoms with van der Waals surface area (Å²) < 4.78 is 22.3. The second kappa shape index (κ2) is 13.0. The molecule has 1 aliphatic carbocycles. The van der Waals surface area contributed by atoms with Crippen LogP contribution in [-0.4, -0.2) is 69.4 Å². The van der Waals surface area contributed by atoms with Gasteiger partial charge in [0.25, 0.3) is 0 Å². The molecule has 0 radical (unpaired) electrons. The van der Waals surface area contributed by atoms with Crippen molar-refractivity contribution in [1.29, 1.82) is 0 Å². The fourth-order valence-corrected chi connectivity index (χ4v) is 6.21. The molecule has 9 nitrogen and oxygen atoms in total. The Morgan fingerprint density at radius 2 is 1.82 bits per heavy atom. The quantitative estimate of drug-likeness (QED) is 0.234. The van der Waals surface area contributed by atoms with Crippen LogP contribution in [-0.2, 0) is 29.4 Å². The highest BCUT2D eigenvalue weighted by atomic mass is 16.5. The molecule has 4 rings (SSSR count). The summed E-state index contributed by atoms with van der Waals surface area (Å²) in [5.41, 5.74) is 0.154. The van der Waals surface area contributed by atoms with E-state index in [0.29, 0.717) is 5.75 Å². The number of benzene rings is 2. The van der Waals surface area contributed by atoms with E-state index in [-0.39, 0.29) is 25.0 Å². The zero-order chi connectivity index (χ0) is 32.3. The number of amides is 2. The molecule has 2 aliphatic rings. The van der Waals surface area contributed by atoms with Crippen molar-refractivity contribution in [3.8, 4) is 5.75 Å². The number of esters is 1. The minimum Gasteiger partial charge on any atom is -0.496 e. The van der Waals surface area contributed by atoms with Gasteiger partial charge in [-0.2, -0.15) is 0 Å². The number of rotatable bonds is 12. The zero-order valence-electron chi connectivity index (χ0n) is 26.9. The molecule has 1 unspecified atom stereocenters. The van der Waals surface area contributed by atoms with Gasteiger partial charge in [-0.3, -0.25) is 4.79 Å². The van der Waals surface area contributed by atoms with Crippen molar-refractivity contribution < 1.29 is 33.3 Å². The van der Waals surface area contributed by atoms with Crippen LogP contribution in [0.25, 0.3) is 16.8 Å². The van der Waals surface area contributed by atoms with E-state index in [1.165, 1.54) is 12.0 Å². The average Bonchev–Trinajstić information content (AvgIpc) is 3.65. The maximum absolute atomic E-state index is 14.2. The van der Waals surface area contributed by atoms with E-state index in [1.807, 2.05) is 57.2 Å². The molecule has 2 aromatic carbocycles. The summed E-state index contributed by atoms with van der Waals surface area (Å²) in [5, 5.41) is 4.70. The summed E-state index contributed by atoms with van der Waals surface area (Å²) in [5.74, 6) is -0.245. The summed E-state index contributed by atoms with van der Waals surface area (Å²) in [6.07, 6.45) is 7.00. The van der Waals surface area contributed by atoms with Gasteiger partial charge in [0.2, 0.25) is 5.91 Å². The van der Waals surface area contributed by atoms with Gasteiger partial charge in [-0.25, -0.2) is 9.59 Å². The monoisotopic (exact) mass is 606 g/mol. The number of likely N-dealkylation sites (tertiary alicyclic amines) is 1. The minimum atomic E-state index is -0.996. The number of ether oxygens (including phenoxy) is 4. The molecule has 0 spiro atoms. The Bertz CT molecular complexity index is 1420. The predicted octanol–water partition coefficient (Wildman–Crippen LogP) is 5.99. The Balaban J connectivity index is 1.60. The molecule has 1 saturated carbocycles. The molecule has 1 N–H and O–H groups in total. The van der Waals surface area contributed by atoms with Crippen LogP contribution in [0.15, 0.2) is 49.6 Å². The van der Waals surface area contributed by atoms with Crippen LogP contribution >= 0.6 is 0 Å². The topological polar surface area (TPSA) is 103 Å². The maximum atomic E-state index is 14.2. The van der Waals surface area contributed by atoms with Crippen molar-refractivity contribution in [3.63, 3.8) is 0 Å². The first-order valence-electron chi connectivity index (χ1n) is 15.1. The fraction of sp³-hybridized carbons (Fsp3) is 0.514. The van der Waals surface area contributed by atoms with Gasteiger partial charge in [-0.15, -0.1) is 6.58 Å². The van der Waals surface area contributed by atoms with Crippen molar-refractivity contribution in [1.82, 2.24) is 10.2 Å². The number of alkyl carbamates (subject to hydrolysis) is 1. The van der Waals surface area contributed by atoms with E-state index >= 15 is 0 Å². The Hall–Kier alpha value is -3.85. The van der Waals surface area contributed by atoms with E-state index in [1.54, 1.807) is 20.3 Å². The normalized spacial score (nSPS) is 21.3. The van der Waals surface area contributed by atoms with Crippen molar-refractivity contribution in [2.45, 2.75) is 70.6 Å². The van der Waals surface area contributed by atoms with E-state index in [4.69, 9.17) is 18.9 Å². The molecule has 3 atom stereocenters. The van der Waals surface area contributed by atoms with Gasteiger partial charge >= 0.3 is 12.1 Å². The van der Waals surface area contributed by atoms with Crippen molar-refractivity contribution in [2.75, 3.05) is 34.5 Å². The maximum Gasteiger partial charge on any atom is 0.407 e. The first kappa shape index (κ1) is 33.1. The van der Waals surface area contributed by atoms with Gasteiger partial charge in [-0.1, -0.05) is 51.6 Å². The lowest BCUT2D eigenvalue weighted by molar-refractivity contribution is -0.152. The highest BCUT2D eigenvalue weighted by molar-refractivity contribution is 5.92. The van der Waals surface area contributed by atoms with Gasteiger partial charge in [0, 0.05) is 19.1 Å². The average molecular weight is 607 g/mol. The molecule has 2 amide bonds. The number of fused-ring (bicyclic) bond motifs is 1. The first-order chi connectivity index (χ1) is 20.9. The molecule has 1 aliphatic heterocycles.